The molecule has 0 aliphatic heterocycles. The van der Waals surface area contributed by atoms with Crippen molar-refractivity contribution in [1.82, 2.24) is 9.71 Å². The van der Waals surface area contributed by atoms with E-state index in [4.69, 9.17) is 4.74 Å². The molecule has 0 radical (unpaired) electrons. The van der Waals surface area contributed by atoms with Crippen LogP contribution >= 0.6 is 0 Å². The molecule has 0 amide bonds. The first-order valence-electron chi connectivity index (χ1n) is 6.81. The molecule has 2 rings (SSSR count). The molecule has 114 valence electrons. The van der Waals surface area contributed by atoms with Crippen LogP contribution in [-0.4, -0.2) is 33.2 Å². The summed E-state index contributed by atoms with van der Waals surface area (Å²) in [7, 11) is -2.01. The monoisotopic (exact) mass is 308 g/mol. The topological polar surface area (TPSA) is 68.3 Å². The number of ether oxygens (including phenoxy) is 1. The zero-order chi connectivity index (χ0) is 15.5. The van der Waals surface area contributed by atoms with Gasteiger partial charge in [-0.1, -0.05) is 18.2 Å². The maximum absolute atomic E-state index is 12.5. The molecular weight excluding hydrogens is 288 g/mol. The smallest absolute Gasteiger partial charge is 0.242 e. The first kappa shape index (κ1) is 15.9. The van der Waals surface area contributed by atoms with Gasteiger partial charge in [0.15, 0.2) is 0 Å². The Morgan fingerprint density at radius 2 is 2.05 bits per heavy atom. The van der Waals surface area contributed by atoms with Crippen LogP contribution in [0.3, 0.4) is 0 Å². The molecular formula is C15H20N2O3S. The summed E-state index contributed by atoms with van der Waals surface area (Å²) < 4.78 is 32.7. The van der Waals surface area contributed by atoms with Gasteiger partial charge in [0.2, 0.25) is 10.0 Å². The fraction of sp³-hybridized carbons (Fsp3) is 0.400. The third-order valence-corrected chi connectivity index (χ3v) is 4.84. The maximum atomic E-state index is 12.5. The highest BCUT2D eigenvalue weighted by molar-refractivity contribution is 7.89. The lowest BCUT2D eigenvalue weighted by Gasteiger charge is -2.14. The zero-order valence-electron chi connectivity index (χ0n) is 12.5. The maximum Gasteiger partial charge on any atom is 0.242 e. The number of fused-ring (bicyclic) bond motifs is 1. The Balaban J connectivity index is 2.38. The van der Waals surface area contributed by atoms with E-state index in [-0.39, 0.29) is 10.9 Å². The van der Waals surface area contributed by atoms with E-state index in [1.165, 1.54) is 0 Å². The number of rotatable bonds is 6. The van der Waals surface area contributed by atoms with Gasteiger partial charge in [-0.25, -0.2) is 13.1 Å². The molecule has 5 nitrogen and oxygen atoms in total. The molecule has 0 aliphatic rings. The molecule has 0 bridgehead atoms. The first-order chi connectivity index (χ1) is 9.94. The Kier molecular flexibility index (Phi) is 4.92. The summed E-state index contributed by atoms with van der Waals surface area (Å²) in [5, 5.41) is 0.813. The summed E-state index contributed by atoms with van der Waals surface area (Å²) in [6.45, 7) is 4.18. The summed E-state index contributed by atoms with van der Waals surface area (Å²) in [6.07, 6.45) is 0.618. The lowest BCUT2D eigenvalue weighted by Crippen LogP contribution is -2.33. The molecule has 0 saturated heterocycles. The zero-order valence-corrected chi connectivity index (χ0v) is 13.3. The van der Waals surface area contributed by atoms with Crippen molar-refractivity contribution in [3.63, 3.8) is 0 Å². The van der Waals surface area contributed by atoms with Crippen LogP contribution in [0.25, 0.3) is 10.9 Å². The van der Waals surface area contributed by atoms with Crippen LogP contribution in [0.1, 0.15) is 19.0 Å². The summed E-state index contributed by atoms with van der Waals surface area (Å²) in [4.78, 5) is 4.58. The van der Waals surface area contributed by atoms with Gasteiger partial charge in [0.25, 0.3) is 0 Å². The Bertz CT molecular complexity index is 729. The largest absolute Gasteiger partial charge is 0.385 e. The number of aryl methyl sites for hydroxylation is 1. The van der Waals surface area contributed by atoms with Gasteiger partial charge in [-0.3, -0.25) is 4.98 Å². The number of nitrogens with zero attached hydrogens (tertiary/aromatic N) is 1. The first-order valence-corrected chi connectivity index (χ1v) is 8.30. The Morgan fingerprint density at radius 1 is 1.29 bits per heavy atom. The number of sulfonamides is 1. The number of pyridine rings is 1. The van der Waals surface area contributed by atoms with Crippen LogP contribution in [0.15, 0.2) is 35.2 Å². The van der Waals surface area contributed by atoms with E-state index in [2.05, 4.69) is 9.71 Å². The lowest BCUT2D eigenvalue weighted by atomic mass is 10.2. The molecule has 1 heterocycles. The Hall–Kier alpha value is -1.50. The van der Waals surface area contributed by atoms with Crippen molar-refractivity contribution < 1.29 is 13.2 Å². The van der Waals surface area contributed by atoms with E-state index in [1.54, 1.807) is 19.2 Å². The second kappa shape index (κ2) is 6.51. The van der Waals surface area contributed by atoms with Gasteiger partial charge in [-0.05, 0) is 32.4 Å². The number of hydrogen-bond acceptors (Lipinski definition) is 4. The highest BCUT2D eigenvalue weighted by atomic mass is 32.2. The number of hydrogen-bond donors (Lipinski definition) is 1. The highest BCUT2D eigenvalue weighted by Gasteiger charge is 2.20. The van der Waals surface area contributed by atoms with E-state index >= 15 is 0 Å². The number of methoxy groups -OCH3 is 1. The van der Waals surface area contributed by atoms with Crippen molar-refractivity contribution in [3.8, 4) is 0 Å². The molecule has 2 aromatic rings. The predicted molar refractivity (Wildman–Crippen MR) is 82.8 cm³/mol. The molecule has 1 N–H and O–H groups in total. The highest BCUT2D eigenvalue weighted by Crippen LogP contribution is 2.21. The van der Waals surface area contributed by atoms with E-state index < -0.39 is 10.0 Å². The number of para-hydroxylation sites is 1. The minimum atomic E-state index is -3.60. The van der Waals surface area contributed by atoms with Crippen molar-refractivity contribution in [3.05, 3.63) is 36.0 Å². The minimum Gasteiger partial charge on any atom is -0.385 e. The average molecular weight is 308 g/mol. The SMILES string of the molecule is COCC[C@H](C)NS(=O)(=O)c1cccc2ccc(C)nc12. The third-order valence-electron chi connectivity index (χ3n) is 3.22. The van der Waals surface area contributed by atoms with Crippen LogP contribution in [0.2, 0.25) is 0 Å². The molecule has 1 atom stereocenters. The summed E-state index contributed by atoms with van der Waals surface area (Å²) >= 11 is 0. The second-order valence-corrected chi connectivity index (χ2v) is 6.77. The number of benzene rings is 1. The number of aromatic nitrogens is 1. The molecule has 0 spiro atoms. The molecule has 0 aliphatic carbocycles. The van der Waals surface area contributed by atoms with Crippen LogP contribution in [0.5, 0.6) is 0 Å². The fourth-order valence-corrected chi connectivity index (χ4v) is 3.57. The third kappa shape index (κ3) is 3.78. The molecule has 0 unspecified atom stereocenters. The second-order valence-electron chi connectivity index (χ2n) is 5.08. The molecule has 21 heavy (non-hydrogen) atoms. The lowest BCUT2D eigenvalue weighted by molar-refractivity contribution is 0.188. The van der Waals surface area contributed by atoms with Gasteiger partial charge in [0.1, 0.15) is 4.90 Å². The van der Waals surface area contributed by atoms with E-state index in [0.717, 1.165) is 11.1 Å². The molecule has 6 heteroatoms. The Morgan fingerprint density at radius 3 is 2.76 bits per heavy atom. The predicted octanol–water partition coefficient (Wildman–Crippen LogP) is 2.25. The summed E-state index contributed by atoms with van der Waals surface area (Å²) in [6, 6.07) is 8.72. The standard InChI is InChI=1S/C15H20N2O3S/c1-11-7-8-13-5-4-6-14(15(13)16-11)21(18,19)17-12(2)9-10-20-3/h4-8,12,17H,9-10H2,1-3H3/t12-/m0/s1. The van der Waals surface area contributed by atoms with Gasteiger partial charge < -0.3 is 4.74 Å². The van der Waals surface area contributed by atoms with Crippen molar-refractivity contribution >= 4 is 20.9 Å². The number of nitrogens with one attached hydrogen (secondary N) is 1. The van der Waals surface area contributed by atoms with Crippen molar-refractivity contribution in [2.45, 2.75) is 31.2 Å². The van der Waals surface area contributed by atoms with Crippen LogP contribution in [-0.2, 0) is 14.8 Å². The molecule has 0 fully saturated rings. The minimum absolute atomic E-state index is 0.199. The van der Waals surface area contributed by atoms with Crippen LogP contribution in [0.4, 0.5) is 0 Å². The quantitative estimate of drug-likeness (QED) is 0.888. The van der Waals surface area contributed by atoms with Gasteiger partial charge in [-0.2, -0.15) is 0 Å². The van der Waals surface area contributed by atoms with Gasteiger partial charge in [0.05, 0.1) is 5.52 Å². The van der Waals surface area contributed by atoms with Crippen molar-refractivity contribution in [1.29, 1.82) is 0 Å². The average Bonchev–Trinajstić information content (AvgIpc) is 2.43. The molecule has 1 aromatic carbocycles. The van der Waals surface area contributed by atoms with Crippen molar-refractivity contribution in [2.75, 3.05) is 13.7 Å². The van der Waals surface area contributed by atoms with E-state index in [1.807, 2.05) is 32.0 Å². The van der Waals surface area contributed by atoms with E-state index in [9.17, 15) is 8.42 Å². The van der Waals surface area contributed by atoms with Gasteiger partial charge in [0, 0.05) is 30.8 Å². The normalized spacial score (nSPS) is 13.5. The molecule has 0 saturated carbocycles. The summed E-state index contributed by atoms with van der Waals surface area (Å²) in [5.74, 6) is 0. The van der Waals surface area contributed by atoms with Crippen molar-refractivity contribution in [2.24, 2.45) is 0 Å². The Labute approximate surface area is 125 Å². The van der Waals surface area contributed by atoms with Crippen LogP contribution in [0, 0.1) is 6.92 Å². The van der Waals surface area contributed by atoms with Gasteiger partial charge in [-0.15, -0.1) is 0 Å². The van der Waals surface area contributed by atoms with Gasteiger partial charge >= 0.3 is 0 Å². The van der Waals surface area contributed by atoms with E-state index in [0.29, 0.717) is 18.5 Å². The summed E-state index contributed by atoms with van der Waals surface area (Å²) in [5.41, 5.74) is 1.29. The fourth-order valence-electron chi connectivity index (χ4n) is 2.12. The van der Waals surface area contributed by atoms with Crippen LogP contribution < -0.4 is 4.72 Å². The molecule has 1 aromatic heterocycles.